The number of amides is 1. The molecular weight excluding hydrogens is 486 g/mol. The van der Waals surface area contributed by atoms with Crippen molar-refractivity contribution in [2.45, 2.75) is 13.0 Å². The number of aliphatic hydroxyl groups excluding tert-OH is 1. The Bertz CT molecular complexity index is 608. The van der Waals surface area contributed by atoms with Crippen molar-refractivity contribution >= 4 is 5.91 Å². The van der Waals surface area contributed by atoms with Gasteiger partial charge < -0.3 is 48.3 Å². The Morgan fingerprint density at radius 2 is 0.892 bits per heavy atom. The van der Waals surface area contributed by atoms with E-state index in [2.05, 4.69) is 5.32 Å². The molecular formula is C26H45NO10. The summed E-state index contributed by atoms with van der Waals surface area (Å²) in [5, 5.41) is 11.4. The third kappa shape index (κ3) is 24.4. The van der Waals surface area contributed by atoms with E-state index in [-0.39, 0.29) is 12.5 Å². The van der Waals surface area contributed by atoms with Crippen molar-refractivity contribution in [2.75, 3.05) is 112 Å². The van der Waals surface area contributed by atoms with Crippen LogP contribution in [0.2, 0.25) is 0 Å². The predicted octanol–water partition coefficient (Wildman–Crippen LogP) is 0.818. The third-order valence-corrected chi connectivity index (χ3v) is 4.65. The van der Waals surface area contributed by atoms with Crippen molar-refractivity contribution in [3.05, 3.63) is 35.9 Å². The maximum absolute atomic E-state index is 11.8. The third-order valence-electron chi connectivity index (χ3n) is 4.65. The fraction of sp³-hybridized carbons (Fsp3) is 0.731. The standard InChI is InChI=1S/C26H45NO10/c28-7-9-31-11-13-33-15-17-35-19-21-37-23-22-36-20-18-34-16-14-32-12-10-30-8-6-26(29)27-24-25-4-2-1-3-5-25/h1-5,28H,6-24H2,(H,27,29). The van der Waals surface area contributed by atoms with Gasteiger partial charge >= 0.3 is 0 Å². The highest BCUT2D eigenvalue weighted by atomic mass is 16.6. The van der Waals surface area contributed by atoms with E-state index < -0.39 is 0 Å². The molecule has 1 amide bonds. The van der Waals surface area contributed by atoms with Gasteiger partial charge in [-0.05, 0) is 5.56 Å². The minimum Gasteiger partial charge on any atom is -0.394 e. The van der Waals surface area contributed by atoms with E-state index in [0.29, 0.717) is 119 Å². The Hall–Kier alpha value is -1.67. The normalized spacial score (nSPS) is 11.2. The summed E-state index contributed by atoms with van der Waals surface area (Å²) in [5.74, 6) is -0.0309. The van der Waals surface area contributed by atoms with E-state index in [1.165, 1.54) is 0 Å². The Labute approximate surface area is 220 Å². The Morgan fingerprint density at radius 1 is 0.541 bits per heavy atom. The summed E-state index contributed by atoms with van der Waals surface area (Å²) in [6.45, 7) is 8.07. The number of carbonyl (C=O) groups excluding carboxylic acids is 1. The SMILES string of the molecule is O=C(CCOCCOCCOCCOCCOCCOCCOCCOCCO)NCc1ccccc1. The van der Waals surface area contributed by atoms with E-state index in [4.69, 9.17) is 43.0 Å². The fourth-order valence-electron chi connectivity index (χ4n) is 2.76. The number of carbonyl (C=O) groups is 1. The molecule has 0 radical (unpaired) electrons. The van der Waals surface area contributed by atoms with Gasteiger partial charge in [0, 0.05) is 13.0 Å². The number of benzene rings is 1. The Morgan fingerprint density at radius 3 is 1.27 bits per heavy atom. The van der Waals surface area contributed by atoms with E-state index in [1.807, 2.05) is 30.3 Å². The Balaban J connectivity index is 1.67. The first-order valence-corrected chi connectivity index (χ1v) is 12.9. The number of hydrogen-bond donors (Lipinski definition) is 2. The second kappa shape index (κ2) is 27.4. The first kappa shape index (κ1) is 33.4. The lowest BCUT2D eigenvalue weighted by atomic mass is 10.2. The molecule has 0 heterocycles. The van der Waals surface area contributed by atoms with Crippen molar-refractivity contribution in [2.24, 2.45) is 0 Å². The van der Waals surface area contributed by atoms with E-state index in [1.54, 1.807) is 0 Å². The highest BCUT2D eigenvalue weighted by Crippen LogP contribution is 1.97. The number of aliphatic hydroxyl groups is 1. The average Bonchev–Trinajstić information content (AvgIpc) is 2.92. The lowest BCUT2D eigenvalue weighted by molar-refractivity contribution is -0.122. The van der Waals surface area contributed by atoms with Crippen LogP contribution in [0.5, 0.6) is 0 Å². The molecule has 0 aliphatic carbocycles. The molecule has 0 unspecified atom stereocenters. The van der Waals surface area contributed by atoms with Crippen LogP contribution < -0.4 is 5.32 Å². The maximum atomic E-state index is 11.8. The van der Waals surface area contributed by atoms with Crippen molar-refractivity contribution in [1.29, 1.82) is 0 Å². The van der Waals surface area contributed by atoms with Crippen molar-refractivity contribution in [3.63, 3.8) is 0 Å². The molecule has 11 nitrogen and oxygen atoms in total. The fourth-order valence-corrected chi connectivity index (χ4v) is 2.76. The molecule has 1 aromatic carbocycles. The van der Waals surface area contributed by atoms with Crippen LogP contribution in [-0.2, 0) is 49.2 Å². The molecule has 0 aliphatic rings. The molecule has 0 atom stereocenters. The van der Waals surface area contributed by atoms with Gasteiger partial charge in [-0.15, -0.1) is 0 Å². The monoisotopic (exact) mass is 531 g/mol. The minimum atomic E-state index is -0.0309. The molecule has 1 aromatic rings. The summed E-state index contributed by atoms with van der Waals surface area (Å²) >= 11 is 0. The van der Waals surface area contributed by atoms with Gasteiger partial charge in [0.1, 0.15) is 0 Å². The van der Waals surface area contributed by atoms with Crippen molar-refractivity contribution in [1.82, 2.24) is 5.32 Å². The second-order valence-corrected chi connectivity index (χ2v) is 7.63. The number of nitrogens with one attached hydrogen (secondary N) is 1. The Kier molecular flexibility index (Phi) is 24.7. The molecule has 0 bridgehead atoms. The van der Waals surface area contributed by atoms with Crippen LogP contribution in [0, 0.1) is 0 Å². The van der Waals surface area contributed by atoms with Gasteiger partial charge in [0.05, 0.1) is 112 Å². The van der Waals surface area contributed by atoms with Crippen molar-refractivity contribution in [3.8, 4) is 0 Å². The summed E-state index contributed by atoms with van der Waals surface area (Å²) in [7, 11) is 0. The molecule has 37 heavy (non-hydrogen) atoms. The van der Waals surface area contributed by atoms with Crippen LogP contribution in [0.1, 0.15) is 12.0 Å². The zero-order valence-electron chi connectivity index (χ0n) is 21.9. The number of ether oxygens (including phenoxy) is 8. The second-order valence-electron chi connectivity index (χ2n) is 7.63. The first-order valence-electron chi connectivity index (χ1n) is 12.9. The van der Waals surface area contributed by atoms with Crippen molar-refractivity contribution < 1.29 is 47.8 Å². The van der Waals surface area contributed by atoms with E-state index >= 15 is 0 Å². The summed E-state index contributed by atoms with van der Waals surface area (Å²) in [6.07, 6.45) is 0.328. The van der Waals surface area contributed by atoms with Crippen LogP contribution in [0.3, 0.4) is 0 Å². The van der Waals surface area contributed by atoms with Crippen LogP contribution >= 0.6 is 0 Å². The van der Waals surface area contributed by atoms with Gasteiger partial charge in [0.25, 0.3) is 0 Å². The molecule has 1 rings (SSSR count). The molecule has 214 valence electrons. The van der Waals surface area contributed by atoms with Gasteiger partial charge in [-0.3, -0.25) is 4.79 Å². The quantitative estimate of drug-likeness (QED) is 0.150. The van der Waals surface area contributed by atoms with Gasteiger partial charge in [0.15, 0.2) is 0 Å². The summed E-state index contributed by atoms with van der Waals surface area (Å²) in [5.41, 5.74) is 1.07. The molecule has 0 aliphatic heterocycles. The molecule has 0 saturated heterocycles. The molecule has 2 N–H and O–H groups in total. The van der Waals surface area contributed by atoms with Crippen LogP contribution in [0.4, 0.5) is 0 Å². The molecule has 0 aromatic heterocycles. The molecule has 11 heteroatoms. The van der Waals surface area contributed by atoms with E-state index in [9.17, 15) is 4.79 Å². The lowest BCUT2D eigenvalue weighted by Crippen LogP contribution is -2.24. The molecule has 0 spiro atoms. The summed E-state index contributed by atoms with van der Waals surface area (Å²) in [6, 6.07) is 9.79. The smallest absolute Gasteiger partial charge is 0.222 e. The molecule has 0 saturated carbocycles. The molecule has 0 fully saturated rings. The van der Waals surface area contributed by atoms with Gasteiger partial charge in [-0.25, -0.2) is 0 Å². The predicted molar refractivity (Wildman–Crippen MR) is 137 cm³/mol. The van der Waals surface area contributed by atoms with Gasteiger partial charge in [-0.1, -0.05) is 30.3 Å². The highest BCUT2D eigenvalue weighted by Gasteiger charge is 2.01. The zero-order chi connectivity index (χ0) is 26.5. The van der Waals surface area contributed by atoms with Gasteiger partial charge in [0.2, 0.25) is 5.91 Å². The maximum Gasteiger partial charge on any atom is 0.222 e. The van der Waals surface area contributed by atoms with Gasteiger partial charge in [-0.2, -0.15) is 0 Å². The largest absolute Gasteiger partial charge is 0.394 e. The zero-order valence-corrected chi connectivity index (χ0v) is 21.9. The highest BCUT2D eigenvalue weighted by molar-refractivity contribution is 5.75. The summed E-state index contributed by atoms with van der Waals surface area (Å²) in [4.78, 5) is 11.8. The lowest BCUT2D eigenvalue weighted by Gasteiger charge is -2.09. The first-order chi connectivity index (χ1) is 18.3. The number of rotatable bonds is 28. The van der Waals surface area contributed by atoms with Crippen LogP contribution in [0.25, 0.3) is 0 Å². The van der Waals surface area contributed by atoms with Crippen LogP contribution in [0.15, 0.2) is 30.3 Å². The van der Waals surface area contributed by atoms with E-state index in [0.717, 1.165) is 5.56 Å². The minimum absolute atomic E-state index is 0.0244. The summed E-state index contributed by atoms with van der Waals surface area (Å²) < 4.78 is 42.9. The average molecular weight is 532 g/mol. The van der Waals surface area contributed by atoms with Crippen LogP contribution in [-0.4, -0.2) is 123 Å². The topological polar surface area (TPSA) is 123 Å². The number of hydrogen-bond acceptors (Lipinski definition) is 10.